The number of aromatic nitrogens is 1. The maximum Gasteiger partial charge on any atom is 0.341 e. The molecule has 0 spiro atoms. The third-order valence-corrected chi connectivity index (χ3v) is 4.28. The van der Waals surface area contributed by atoms with Gasteiger partial charge < -0.3 is 9.67 Å². The van der Waals surface area contributed by atoms with Crippen molar-refractivity contribution in [3.63, 3.8) is 0 Å². The highest BCUT2D eigenvalue weighted by Gasteiger charge is 2.15. The second-order valence-corrected chi connectivity index (χ2v) is 6.45. The molecule has 0 unspecified atom stereocenters. The Kier molecular flexibility index (Phi) is 4.24. The van der Waals surface area contributed by atoms with Crippen LogP contribution in [-0.4, -0.2) is 15.6 Å². The summed E-state index contributed by atoms with van der Waals surface area (Å²) in [5, 5.41) is 10.3. The van der Waals surface area contributed by atoms with E-state index in [0.717, 1.165) is 10.0 Å². The third kappa shape index (κ3) is 3.16. The molecule has 0 saturated heterocycles. The van der Waals surface area contributed by atoms with Crippen LogP contribution in [0.15, 0.2) is 57.9 Å². The summed E-state index contributed by atoms with van der Waals surface area (Å²) in [6, 6.07) is 12.5. The summed E-state index contributed by atoms with van der Waals surface area (Å²) < 4.78 is 2.48. The molecule has 0 radical (unpaired) electrons. The van der Waals surface area contributed by atoms with Crippen LogP contribution in [0.25, 0.3) is 10.9 Å². The highest BCUT2D eigenvalue weighted by atomic mass is 79.9. The molecule has 3 aromatic rings. The van der Waals surface area contributed by atoms with E-state index in [4.69, 9.17) is 11.6 Å². The van der Waals surface area contributed by atoms with Crippen LogP contribution in [0.4, 0.5) is 0 Å². The maximum absolute atomic E-state index is 12.3. The first-order valence-corrected chi connectivity index (χ1v) is 7.93. The molecule has 3 rings (SSSR count). The van der Waals surface area contributed by atoms with Gasteiger partial charge in [-0.15, -0.1) is 0 Å². The van der Waals surface area contributed by atoms with Crippen LogP contribution in [0.1, 0.15) is 15.9 Å². The van der Waals surface area contributed by atoms with Crippen LogP contribution in [0.5, 0.6) is 0 Å². The molecule has 0 aliphatic rings. The normalized spacial score (nSPS) is 10.9. The number of halogens is 2. The van der Waals surface area contributed by atoms with Crippen molar-refractivity contribution in [2.45, 2.75) is 6.54 Å². The molecule has 0 aliphatic carbocycles. The Balaban J connectivity index is 2.22. The highest BCUT2D eigenvalue weighted by molar-refractivity contribution is 9.10. The van der Waals surface area contributed by atoms with E-state index in [-0.39, 0.29) is 5.56 Å². The van der Waals surface area contributed by atoms with Gasteiger partial charge in [-0.3, -0.25) is 4.79 Å². The number of hydrogen-bond donors (Lipinski definition) is 1. The second kappa shape index (κ2) is 6.18. The molecular weight excluding hydrogens is 382 g/mol. The smallest absolute Gasteiger partial charge is 0.341 e. The zero-order valence-corrected chi connectivity index (χ0v) is 14.1. The van der Waals surface area contributed by atoms with Crippen LogP contribution in [-0.2, 0) is 6.54 Å². The maximum atomic E-state index is 12.3. The summed E-state index contributed by atoms with van der Waals surface area (Å²) in [5.41, 5.74) is 0.905. The van der Waals surface area contributed by atoms with Gasteiger partial charge in [0.05, 0.1) is 5.52 Å². The molecule has 1 N–H and O–H groups in total. The Morgan fingerprint density at radius 3 is 2.52 bits per heavy atom. The Labute approximate surface area is 145 Å². The monoisotopic (exact) mass is 391 g/mol. The van der Waals surface area contributed by atoms with Crippen molar-refractivity contribution < 1.29 is 9.90 Å². The first-order chi connectivity index (χ1) is 11.0. The standard InChI is InChI=1S/C17H11BrClNO3/c18-11-3-6-15-13(7-11)16(21)14(17(22)23)9-20(15)8-10-1-4-12(19)5-2-10/h1-7,9H,8H2,(H,22,23). The van der Waals surface area contributed by atoms with Crippen molar-refractivity contribution in [2.24, 2.45) is 0 Å². The van der Waals surface area contributed by atoms with Crippen LogP contribution < -0.4 is 5.43 Å². The fourth-order valence-corrected chi connectivity index (χ4v) is 2.93. The van der Waals surface area contributed by atoms with Crippen molar-refractivity contribution in [3.05, 3.63) is 79.5 Å². The van der Waals surface area contributed by atoms with Crippen molar-refractivity contribution in [1.29, 1.82) is 0 Å². The molecule has 116 valence electrons. The zero-order chi connectivity index (χ0) is 16.6. The van der Waals surface area contributed by atoms with Gasteiger partial charge in [0.1, 0.15) is 5.56 Å². The summed E-state index contributed by atoms with van der Waals surface area (Å²) in [4.78, 5) is 23.7. The number of pyridine rings is 1. The summed E-state index contributed by atoms with van der Waals surface area (Å²) in [7, 11) is 0. The first-order valence-electron chi connectivity index (χ1n) is 6.76. The molecule has 4 nitrogen and oxygen atoms in total. The highest BCUT2D eigenvalue weighted by Crippen LogP contribution is 2.20. The molecule has 0 saturated carbocycles. The second-order valence-electron chi connectivity index (χ2n) is 5.09. The zero-order valence-electron chi connectivity index (χ0n) is 11.8. The quantitative estimate of drug-likeness (QED) is 0.728. The molecule has 6 heteroatoms. The topological polar surface area (TPSA) is 59.3 Å². The molecule has 0 aliphatic heterocycles. The predicted molar refractivity (Wildman–Crippen MR) is 93.4 cm³/mol. The van der Waals surface area contributed by atoms with Gasteiger partial charge in [0.2, 0.25) is 5.43 Å². The Morgan fingerprint density at radius 1 is 1.17 bits per heavy atom. The fraction of sp³-hybridized carbons (Fsp3) is 0.0588. The van der Waals surface area contributed by atoms with Gasteiger partial charge in [-0.25, -0.2) is 4.79 Å². The molecule has 0 amide bonds. The predicted octanol–water partition coefficient (Wildman–Crippen LogP) is 4.16. The van der Waals surface area contributed by atoms with Gasteiger partial charge in [-0.05, 0) is 35.9 Å². The Bertz CT molecular complexity index is 964. The number of fused-ring (bicyclic) bond motifs is 1. The Morgan fingerprint density at radius 2 is 1.87 bits per heavy atom. The van der Waals surface area contributed by atoms with E-state index in [9.17, 15) is 14.7 Å². The number of carboxylic acids is 1. The largest absolute Gasteiger partial charge is 0.477 e. The summed E-state index contributed by atoms with van der Waals surface area (Å²) in [5.74, 6) is -1.23. The van der Waals surface area contributed by atoms with Crippen molar-refractivity contribution >= 4 is 44.4 Å². The summed E-state index contributed by atoms with van der Waals surface area (Å²) in [6.45, 7) is 0.440. The van der Waals surface area contributed by atoms with Gasteiger partial charge in [0.15, 0.2) is 0 Å². The van der Waals surface area contributed by atoms with Gasteiger partial charge in [0, 0.05) is 27.6 Å². The van der Waals surface area contributed by atoms with Crippen LogP contribution in [0.3, 0.4) is 0 Å². The molecule has 0 atom stereocenters. The van der Waals surface area contributed by atoms with E-state index >= 15 is 0 Å². The molecule has 0 fully saturated rings. The number of aromatic carboxylic acids is 1. The lowest BCUT2D eigenvalue weighted by molar-refractivity contribution is 0.0695. The number of carboxylic acid groups (broad SMARTS) is 1. The van der Waals surface area contributed by atoms with Crippen molar-refractivity contribution in [1.82, 2.24) is 4.57 Å². The number of nitrogens with zero attached hydrogens (tertiary/aromatic N) is 1. The van der Waals surface area contributed by atoms with Crippen LogP contribution in [0.2, 0.25) is 5.02 Å². The number of carbonyl (C=O) groups is 1. The van der Waals surface area contributed by atoms with Gasteiger partial charge in [0.25, 0.3) is 0 Å². The van der Waals surface area contributed by atoms with Crippen LogP contribution >= 0.6 is 27.5 Å². The molecular formula is C17H11BrClNO3. The summed E-state index contributed by atoms with van der Waals surface area (Å²) >= 11 is 9.20. The molecule has 0 bridgehead atoms. The summed E-state index contributed by atoms with van der Waals surface area (Å²) in [6.07, 6.45) is 1.38. The van der Waals surface area contributed by atoms with E-state index in [1.165, 1.54) is 6.20 Å². The minimum Gasteiger partial charge on any atom is -0.477 e. The third-order valence-electron chi connectivity index (χ3n) is 3.54. The molecule has 1 heterocycles. The number of hydrogen-bond acceptors (Lipinski definition) is 2. The van der Waals surface area contributed by atoms with Gasteiger partial charge in [-0.2, -0.15) is 0 Å². The molecule has 1 aromatic heterocycles. The minimum atomic E-state index is -1.23. The van der Waals surface area contributed by atoms with Crippen LogP contribution in [0, 0.1) is 0 Å². The SMILES string of the molecule is O=C(O)c1cn(Cc2ccc(Cl)cc2)c2ccc(Br)cc2c1=O. The lowest BCUT2D eigenvalue weighted by Crippen LogP contribution is -2.19. The van der Waals surface area contributed by atoms with E-state index in [0.29, 0.717) is 22.5 Å². The minimum absolute atomic E-state index is 0.246. The van der Waals surface area contributed by atoms with Gasteiger partial charge in [-0.1, -0.05) is 39.7 Å². The Hall–Kier alpha value is -2.11. The van der Waals surface area contributed by atoms with Crippen molar-refractivity contribution in [3.8, 4) is 0 Å². The van der Waals surface area contributed by atoms with E-state index < -0.39 is 11.4 Å². The van der Waals surface area contributed by atoms with E-state index in [1.807, 2.05) is 18.2 Å². The number of benzene rings is 2. The first kappa shape index (κ1) is 15.8. The van der Waals surface area contributed by atoms with E-state index in [2.05, 4.69) is 15.9 Å². The molecule has 23 heavy (non-hydrogen) atoms. The average Bonchev–Trinajstić information content (AvgIpc) is 2.52. The van der Waals surface area contributed by atoms with Gasteiger partial charge >= 0.3 is 5.97 Å². The number of rotatable bonds is 3. The van der Waals surface area contributed by atoms with Crippen molar-refractivity contribution in [2.75, 3.05) is 0 Å². The fourth-order valence-electron chi connectivity index (χ4n) is 2.44. The lowest BCUT2D eigenvalue weighted by atomic mass is 10.1. The average molecular weight is 393 g/mol. The van der Waals surface area contributed by atoms with E-state index in [1.54, 1.807) is 28.8 Å². The lowest BCUT2D eigenvalue weighted by Gasteiger charge is -2.13. The molecule has 2 aromatic carbocycles.